The second-order valence-electron chi connectivity index (χ2n) is 3.88. The van der Waals surface area contributed by atoms with E-state index in [1.165, 1.54) is 24.8 Å². The Labute approximate surface area is 89.7 Å². The molecule has 1 aliphatic heterocycles. The molecule has 2 heterocycles. The zero-order valence-corrected chi connectivity index (χ0v) is 9.14. The first-order valence-corrected chi connectivity index (χ1v) is 5.50. The van der Waals surface area contributed by atoms with Crippen LogP contribution in [0.5, 0.6) is 0 Å². The van der Waals surface area contributed by atoms with Crippen LogP contribution in [-0.2, 0) is 0 Å². The van der Waals surface area contributed by atoms with Gasteiger partial charge in [0.25, 0.3) is 0 Å². The molecule has 0 saturated carbocycles. The molecule has 1 fully saturated rings. The van der Waals surface area contributed by atoms with Crippen LogP contribution in [0.15, 0.2) is 12.3 Å². The molecule has 3 heteroatoms. The van der Waals surface area contributed by atoms with Crippen molar-refractivity contribution in [1.82, 2.24) is 10.3 Å². The van der Waals surface area contributed by atoms with Gasteiger partial charge >= 0.3 is 0 Å². The lowest BCUT2D eigenvalue weighted by Gasteiger charge is -2.23. The molecular weight excluding hydrogens is 196 g/mol. The van der Waals surface area contributed by atoms with E-state index in [9.17, 15) is 0 Å². The molecule has 0 bridgehead atoms. The number of halogens is 1. The number of hydrogen-bond acceptors (Lipinski definition) is 2. The molecule has 0 unspecified atom stereocenters. The third-order valence-electron chi connectivity index (χ3n) is 2.75. The monoisotopic (exact) mass is 210 g/mol. The highest BCUT2D eigenvalue weighted by atomic mass is 35.5. The summed E-state index contributed by atoms with van der Waals surface area (Å²) in [6.07, 6.45) is 5.69. The van der Waals surface area contributed by atoms with E-state index in [1.807, 2.05) is 13.1 Å². The molecule has 1 atom stereocenters. The van der Waals surface area contributed by atoms with E-state index in [1.54, 1.807) is 0 Å². The molecule has 0 amide bonds. The molecule has 2 rings (SSSR count). The van der Waals surface area contributed by atoms with Gasteiger partial charge in [-0.25, -0.2) is 4.98 Å². The molecule has 0 spiro atoms. The van der Waals surface area contributed by atoms with E-state index in [0.717, 1.165) is 12.1 Å². The van der Waals surface area contributed by atoms with Crippen molar-refractivity contribution in [2.45, 2.75) is 32.2 Å². The molecule has 1 saturated heterocycles. The van der Waals surface area contributed by atoms with Gasteiger partial charge < -0.3 is 5.32 Å². The molecule has 0 aromatic carbocycles. The maximum atomic E-state index is 5.89. The molecule has 2 nitrogen and oxygen atoms in total. The summed E-state index contributed by atoms with van der Waals surface area (Å²) in [4.78, 5) is 4.18. The van der Waals surface area contributed by atoms with E-state index in [4.69, 9.17) is 11.6 Å². The SMILES string of the molecule is Cc1cc([C@@H]2CCCCN2)cnc1Cl. The van der Waals surface area contributed by atoms with Crippen LogP contribution in [0.3, 0.4) is 0 Å². The number of aromatic nitrogens is 1. The Kier molecular flexibility index (Phi) is 3.04. The molecule has 14 heavy (non-hydrogen) atoms. The van der Waals surface area contributed by atoms with Gasteiger partial charge in [0.15, 0.2) is 0 Å². The third kappa shape index (κ3) is 2.07. The van der Waals surface area contributed by atoms with Crippen molar-refractivity contribution < 1.29 is 0 Å². The summed E-state index contributed by atoms with van der Waals surface area (Å²) in [6, 6.07) is 2.62. The summed E-state index contributed by atoms with van der Waals surface area (Å²) in [5.74, 6) is 0. The zero-order chi connectivity index (χ0) is 9.97. The largest absolute Gasteiger partial charge is 0.310 e. The maximum Gasteiger partial charge on any atom is 0.131 e. The number of hydrogen-bond donors (Lipinski definition) is 1. The predicted octanol–water partition coefficient (Wildman–Crippen LogP) is 2.86. The lowest BCUT2D eigenvalue weighted by atomic mass is 9.98. The van der Waals surface area contributed by atoms with Crippen LogP contribution >= 0.6 is 11.6 Å². The number of piperidine rings is 1. The minimum Gasteiger partial charge on any atom is -0.310 e. The minimum atomic E-state index is 0.479. The van der Waals surface area contributed by atoms with Crippen molar-refractivity contribution in [3.63, 3.8) is 0 Å². The van der Waals surface area contributed by atoms with Crippen LogP contribution < -0.4 is 5.32 Å². The predicted molar refractivity (Wildman–Crippen MR) is 58.6 cm³/mol. The highest BCUT2D eigenvalue weighted by Gasteiger charge is 2.15. The highest BCUT2D eigenvalue weighted by Crippen LogP contribution is 2.24. The van der Waals surface area contributed by atoms with Crippen LogP contribution in [0, 0.1) is 6.92 Å². The third-order valence-corrected chi connectivity index (χ3v) is 3.14. The van der Waals surface area contributed by atoms with E-state index in [2.05, 4.69) is 16.4 Å². The Morgan fingerprint density at radius 3 is 3.00 bits per heavy atom. The van der Waals surface area contributed by atoms with Crippen molar-refractivity contribution in [2.24, 2.45) is 0 Å². The van der Waals surface area contributed by atoms with Crippen molar-refractivity contribution in [3.8, 4) is 0 Å². The number of aryl methyl sites for hydroxylation is 1. The van der Waals surface area contributed by atoms with E-state index in [-0.39, 0.29) is 0 Å². The zero-order valence-electron chi connectivity index (χ0n) is 8.39. The maximum absolute atomic E-state index is 5.89. The fourth-order valence-corrected chi connectivity index (χ4v) is 2.01. The number of nitrogens with zero attached hydrogens (tertiary/aromatic N) is 1. The van der Waals surface area contributed by atoms with Crippen molar-refractivity contribution in [2.75, 3.05) is 6.54 Å². The minimum absolute atomic E-state index is 0.479. The smallest absolute Gasteiger partial charge is 0.131 e. The lowest BCUT2D eigenvalue weighted by Crippen LogP contribution is -2.26. The van der Waals surface area contributed by atoms with E-state index < -0.39 is 0 Å². The molecule has 1 aromatic heterocycles. The topological polar surface area (TPSA) is 24.9 Å². The normalized spacial score (nSPS) is 22.3. The molecule has 1 aromatic rings. The number of rotatable bonds is 1. The van der Waals surface area contributed by atoms with Gasteiger partial charge in [0.2, 0.25) is 0 Å². The van der Waals surface area contributed by atoms with Gasteiger partial charge in [0, 0.05) is 12.2 Å². The molecule has 0 radical (unpaired) electrons. The molecule has 0 aliphatic carbocycles. The fraction of sp³-hybridized carbons (Fsp3) is 0.545. The Morgan fingerprint density at radius 1 is 1.50 bits per heavy atom. The van der Waals surface area contributed by atoms with Crippen molar-refractivity contribution >= 4 is 11.6 Å². The average Bonchev–Trinajstić information content (AvgIpc) is 2.23. The summed E-state index contributed by atoms with van der Waals surface area (Å²) < 4.78 is 0. The van der Waals surface area contributed by atoms with Gasteiger partial charge in [0.1, 0.15) is 5.15 Å². The molecule has 76 valence electrons. The Bertz CT molecular complexity index is 319. The summed E-state index contributed by atoms with van der Waals surface area (Å²) in [5, 5.41) is 4.11. The Morgan fingerprint density at radius 2 is 2.36 bits per heavy atom. The first-order chi connectivity index (χ1) is 6.77. The van der Waals surface area contributed by atoms with Crippen molar-refractivity contribution in [3.05, 3.63) is 28.5 Å². The second kappa shape index (κ2) is 4.28. The number of pyridine rings is 1. The summed E-state index contributed by atoms with van der Waals surface area (Å²) in [5.41, 5.74) is 2.34. The van der Waals surface area contributed by atoms with Crippen molar-refractivity contribution in [1.29, 1.82) is 0 Å². The molecule has 1 N–H and O–H groups in total. The van der Waals surface area contributed by atoms with Gasteiger partial charge in [-0.2, -0.15) is 0 Å². The van der Waals surface area contributed by atoms with Crippen LogP contribution in [-0.4, -0.2) is 11.5 Å². The Balaban J connectivity index is 2.18. The quantitative estimate of drug-likeness (QED) is 0.722. The van der Waals surface area contributed by atoms with Gasteiger partial charge in [-0.1, -0.05) is 18.0 Å². The molecular formula is C11H15ClN2. The van der Waals surface area contributed by atoms with Crippen LogP contribution in [0.2, 0.25) is 5.15 Å². The summed E-state index contributed by atoms with van der Waals surface area (Å²) in [7, 11) is 0. The fourth-order valence-electron chi connectivity index (χ4n) is 1.91. The van der Waals surface area contributed by atoms with Gasteiger partial charge in [-0.3, -0.25) is 0 Å². The van der Waals surface area contributed by atoms with Crippen LogP contribution in [0.1, 0.15) is 36.4 Å². The standard InChI is InChI=1S/C11H15ClN2/c1-8-6-9(7-14-11(8)12)10-4-2-3-5-13-10/h6-7,10,13H,2-5H2,1H3/t10-/m0/s1. The first-order valence-electron chi connectivity index (χ1n) is 5.13. The van der Waals surface area contributed by atoms with E-state index >= 15 is 0 Å². The number of nitrogens with one attached hydrogen (secondary N) is 1. The van der Waals surface area contributed by atoms with Gasteiger partial charge in [-0.05, 0) is 43.5 Å². The Hall–Kier alpha value is -0.600. The van der Waals surface area contributed by atoms with Gasteiger partial charge in [-0.15, -0.1) is 0 Å². The highest BCUT2D eigenvalue weighted by molar-refractivity contribution is 6.30. The summed E-state index contributed by atoms with van der Waals surface area (Å²) in [6.45, 7) is 3.12. The molecule has 1 aliphatic rings. The van der Waals surface area contributed by atoms with Crippen LogP contribution in [0.4, 0.5) is 0 Å². The summed E-state index contributed by atoms with van der Waals surface area (Å²) >= 11 is 5.89. The van der Waals surface area contributed by atoms with E-state index in [0.29, 0.717) is 11.2 Å². The average molecular weight is 211 g/mol. The first kappa shape index (κ1) is 9.94. The second-order valence-corrected chi connectivity index (χ2v) is 4.24. The lowest BCUT2D eigenvalue weighted by molar-refractivity contribution is 0.411. The van der Waals surface area contributed by atoms with Crippen LogP contribution in [0.25, 0.3) is 0 Å². The van der Waals surface area contributed by atoms with Gasteiger partial charge in [0.05, 0.1) is 0 Å².